The van der Waals surface area contributed by atoms with Gasteiger partial charge >= 0.3 is 0 Å². The van der Waals surface area contributed by atoms with E-state index in [1.54, 1.807) is 12.5 Å². The number of hydrogen-bond donors (Lipinski definition) is 2. The van der Waals surface area contributed by atoms with Crippen molar-refractivity contribution in [2.45, 2.75) is 6.42 Å². The Kier molecular flexibility index (Phi) is 2.14. The van der Waals surface area contributed by atoms with E-state index in [9.17, 15) is 0 Å². The molecule has 0 aromatic carbocycles. The lowest BCUT2D eigenvalue weighted by Crippen LogP contribution is -1.90. The molecule has 0 bridgehead atoms. The summed E-state index contributed by atoms with van der Waals surface area (Å²) >= 11 is 0. The van der Waals surface area contributed by atoms with Crippen LogP contribution in [0, 0.1) is 0 Å². The molecule has 4 heteroatoms. The van der Waals surface area contributed by atoms with Crippen LogP contribution < -0.4 is 0 Å². The van der Waals surface area contributed by atoms with Crippen molar-refractivity contribution in [2.75, 3.05) is 6.61 Å². The van der Waals surface area contributed by atoms with Crippen molar-refractivity contribution in [3.63, 3.8) is 0 Å². The molecule has 0 fully saturated rings. The minimum atomic E-state index is 0.118. The summed E-state index contributed by atoms with van der Waals surface area (Å²) < 4.78 is 5.21. The molecular weight excluding hydrogens is 168 g/mol. The van der Waals surface area contributed by atoms with Crippen LogP contribution in [0.2, 0.25) is 0 Å². The Morgan fingerprint density at radius 3 is 3.15 bits per heavy atom. The van der Waals surface area contributed by atoms with Gasteiger partial charge in [0.25, 0.3) is 0 Å². The predicted octanol–water partition coefficient (Wildman–Crippen LogP) is 1.20. The Labute approximate surface area is 75.2 Å². The lowest BCUT2D eigenvalue weighted by atomic mass is 10.1. The SMILES string of the molecule is OCCc1cn[nH]c1-c1ccco1. The van der Waals surface area contributed by atoms with Gasteiger partial charge in [0.2, 0.25) is 0 Å². The van der Waals surface area contributed by atoms with Gasteiger partial charge in [-0.25, -0.2) is 0 Å². The fourth-order valence-electron chi connectivity index (χ4n) is 1.26. The second-order valence-corrected chi connectivity index (χ2v) is 2.72. The first kappa shape index (κ1) is 8.07. The van der Waals surface area contributed by atoms with Crippen molar-refractivity contribution in [1.82, 2.24) is 10.2 Å². The standard InChI is InChI=1S/C9H10N2O2/c12-4-3-7-6-10-11-9(7)8-2-1-5-13-8/h1-2,5-6,12H,3-4H2,(H,10,11). The summed E-state index contributed by atoms with van der Waals surface area (Å²) in [6.45, 7) is 0.118. The third-order valence-corrected chi connectivity index (χ3v) is 1.87. The number of nitrogens with zero attached hydrogens (tertiary/aromatic N) is 1. The summed E-state index contributed by atoms with van der Waals surface area (Å²) in [5, 5.41) is 15.5. The minimum absolute atomic E-state index is 0.118. The van der Waals surface area contributed by atoms with Crippen molar-refractivity contribution in [2.24, 2.45) is 0 Å². The van der Waals surface area contributed by atoms with Gasteiger partial charge in [-0.2, -0.15) is 5.10 Å². The molecule has 0 radical (unpaired) electrons. The first-order valence-corrected chi connectivity index (χ1v) is 4.09. The number of aromatic nitrogens is 2. The zero-order chi connectivity index (χ0) is 9.10. The number of H-pyrrole nitrogens is 1. The number of aromatic amines is 1. The first-order chi connectivity index (χ1) is 6.42. The Morgan fingerprint density at radius 1 is 1.54 bits per heavy atom. The van der Waals surface area contributed by atoms with Crippen molar-refractivity contribution in [3.8, 4) is 11.5 Å². The van der Waals surface area contributed by atoms with E-state index in [-0.39, 0.29) is 6.61 Å². The van der Waals surface area contributed by atoms with Crippen LogP contribution >= 0.6 is 0 Å². The Hall–Kier alpha value is -1.55. The van der Waals surface area contributed by atoms with Crippen molar-refractivity contribution >= 4 is 0 Å². The molecule has 2 N–H and O–H groups in total. The summed E-state index contributed by atoms with van der Waals surface area (Å²) in [5.41, 5.74) is 1.82. The fraction of sp³-hybridized carbons (Fsp3) is 0.222. The summed E-state index contributed by atoms with van der Waals surface area (Å²) in [6, 6.07) is 3.67. The topological polar surface area (TPSA) is 62.1 Å². The highest BCUT2D eigenvalue weighted by molar-refractivity contribution is 5.56. The second-order valence-electron chi connectivity index (χ2n) is 2.72. The summed E-state index contributed by atoms with van der Waals surface area (Å²) in [4.78, 5) is 0. The van der Waals surface area contributed by atoms with Gasteiger partial charge in [-0.3, -0.25) is 5.10 Å². The van der Waals surface area contributed by atoms with Crippen LogP contribution in [0.1, 0.15) is 5.56 Å². The molecule has 2 aromatic heterocycles. The molecule has 2 rings (SSSR count). The maximum absolute atomic E-state index is 8.79. The van der Waals surface area contributed by atoms with Gasteiger partial charge in [0.05, 0.1) is 12.5 Å². The van der Waals surface area contributed by atoms with Crippen LogP contribution in [-0.2, 0) is 6.42 Å². The van der Waals surface area contributed by atoms with Crippen LogP contribution in [0.15, 0.2) is 29.0 Å². The van der Waals surface area contributed by atoms with Crippen molar-refractivity contribution in [1.29, 1.82) is 0 Å². The molecule has 0 saturated heterocycles. The molecule has 68 valence electrons. The van der Waals surface area contributed by atoms with E-state index in [0.29, 0.717) is 6.42 Å². The van der Waals surface area contributed by atoms with Gasteiger partial charge in [0, 0.05) is 12.2 Å². The highest BCUT2D eigenvalue weighted by Gasteiger charge is 2.08. The molecule has 0 aliphatic rings. The van der Waals surface area contributed by atoms with Gasteiger partial charge in [-0.15, -0.1) is 0 Å². The monoisotopic (exact) mass is 178 g/mol. The molecule has 0 amide bonds. The maximum Gasteiger partial charge on any atom is 0.151 e. The van der Waals surface area contributed by atoms with E-state index in [4.69, 9.17) is 9.52 Å². The zero-order valence-corrected chi connectivity index (χ0v) is 7.03. The lowest BCUT2D eigenvalue weighted by molar-refractivity contribution is 0.299. The van der Waals surface area contributed by atoms with Gasteiger partial charge in [-0.05, 0) is 18.6 Å². The van der Waals surface area contributed by atoms with Crippen LogP contribution in [0.5, 0.6) is 0 Å². The Bertz CT molecular complexity index is 365. The molecule has 2 heterocycles. The summed E-state index contributed by atoms with van der Waals surface area (Å²) in [5.74, 6) is 0.751. The number of hydrogen-bond acceptors (Lipinski definition) is 3. The normalized spacial score (nSPS) is 10.5. The van der Waals surface area contributed by atoms with E-state index in [2.05, 4.69) is 10.2 Å². The largest absolute Gasteiger partial charge is 0.463 e. The minimum Gasteiger partial charge on any atom is -0.463 e. The van der Waals surface area contributed by atoms with Gasteiger partial charge in [0.1, 0.15) is 5.69 Å². The average Bonchev–Trinajstić information content (AvgIpc) is 2.71. The van der Waals surface area contributed by atoms with E-state index < -0.39 is 0 Å². The average molecular weight is 178 g/mol. The molecule has 0 aliphatic heterocycles. The second kappa shape index (κ2) is 3.45. The van der Waals surface area contributed by atoms with Crippen molar-refractivity contribution in [3.05, 3.63) is 30.2 Å². The molecule has 0 aliphatic carbocycles. The Balaban J connectivity index is 2.35. The maximum atomic E-state index is 8.79. The molecule has 2 aromatic rings. The van der Waals surface area contributed by atoms with Crippen molar-refractivity contribution < 1.29 is 9.52 Å². The molecule has 0 atom stereocenters. The van der Waals surface area contributed by atoms with Crippen LogP contribution in [-0.4, -0.2) is 21.9 Å². The third-order valence-electron chi connectivity index (χ3n) is 1.87. The molecular formula is C9H10N2O2. The number of nitrogens with one attached hydrogen (secondary N) is 1. The first-order valence-electron chi connectivity index (χ1n) is 4.09. The smallest absolute Gasteiger partial charge is 0.151 e. The van der Waals surface area contributed by atoms with Gasteiger partial charge in [-0.1, -0.05) is 0 Å². The van der Waals surface area contributed by atoms with Gasteiger partial charge in [0.15, 0.2) is 5.76 Å². The van der Waals surface area contributed by atoms with Crippen LogP contribution in [0.3, 0.4) is 0 Å². The quantitative estimate of drug-likeness (QED) is 0.742. The molecule has 0 unspecified atom stereocenters. The molecule has 0 spiro atoms. The van der Waals surface area contributed by atoms with E-state index >= 15 is 0 Å². The van der Waals surface area contributed by atoms with E-state index in [0.717, 1.165) is 17.0 Å². The third kappa shape index (κ3) is 1.48. The highest BCUT2D eigenvalue weighted by atomic mass is 16.3. The number of aliphatic hydroxyl groups is 1. The molecule has 4 nitrogen and oxygen atoms in total. The summed E-state index contributed by atoms with van der Waals surface area (Å²) in [7, 11) is 0. The van der Waals surface area contributed by atoms with E-state index in [1.807, 2.05) is 12.1 Å². The predicted molar refractivity (Wildman–Crippen MR) is 47.1 cm³/mol. The van der Waals surface area contributed by atoms with Crippen LogP contribution in [0.25, 0.3) is 11.5 Å². The number of aliphatic hydroxyl groups excluding tert-OH is 1. The fourth-order valence-corrected chi connectivity index (χ4v) is 1.26. The van der Waals surface area contributed by atoms with E-state index in [1.165, 1.54) is 0 Å². The van der Waals surface area contributed by atoms with Gasteiger partial charge < -0.3 is 9.52 Å². The number of rotatable bonds is 3. The Morgan fingerprint density at radius 2 is 2.46 bits per heavy atom. The zero-order valence-electron chi connectivity index (χ0n) is 7.03. The lowest BCUT2D eigenvalue weighted by Gasteiger charge is -1.96. The number of furan rings is 1. The summed E-state index contributed by atoms with van der Waals surface area (Å²) in [6.07, 6.45) is 3.90. The van der Waals surface area contributed by atoms with Crippen LogP contribution in [0.4, 0.5) is 0 Å². The molecule has 0 saturated carbocycles. The highest BCUT2D eigenvalue weighted by Crippen LogP contribution is 2.21. The molecule has 13 heavy (non-hydrogen) atoms.